The maximum atomic E-state index is 10.7. The number of hydrogen-bond acceptors (Lipinski definition) is 4. The summed E-state index contributed by atoms with van der Waals surface area (Å²) < 4.78 is 0. The number of aliphatic carboxylic acids is 1. The number of carboxylic acids is 1. The number of carbonyl (C=O) groups is 1. The Labute approximate surface area is 120 Å². The predicted octanol–water partition coefficient (Wildman–Crippen LogP) is 4.09. The molecule has 0 aliphatic heterocycles. The topological polar surface area (TPSA) is 82.2 Å². The summed E-state index contributed by atoms with van der Waals surface area (Å²) in [5.41, 5.74) is 1.34. The molecule has 2 N–H and O–H groups in total. The zero-order chi connectivity index (χ0) is 14.5. The molecule has 0 unspecified atom stereocenters. The highest BCUT2D eigenvalue weighted by Gasteiger charge is 2.07. The number of benzene rings is 2. The molecule has 0 saturated carbocycles. The summed E-state index contributed by atoms with van der Waals surface area (Å²) in [6.45, 7) is 0. The Hall–Kier alpha value is -2.40. The Kier molecular flexibility index (Phi) is 4.32. The quantitative estimate of drug-likeness (QED) is 0.832. The normalized spacial score (nSPS) is 10.8. The van der Waals surface area contributed by atoms with Crippen LogP contribution in [0.2, 0.25) is 5.02 Å². The van der Waals surface area contributed by atoms with Crippen molar-refractivity contribution < 1.29 is 15.0 Å². The Morgan fingerprint density at radius 3 is 2.45 bits per heavy atom. The fourth-order valence-corrected chi connectivity index (χ4v) is 1.78. The summed E-state index contributed by atoms with van der Waals surface area (Å²) >= 11 is 5.83. The fourth-order valence-electron chi connectivity index (χ4n) is 1.59. The minimum atomic E-state index is -1.02. The molecule has 0 aromatic heterocycles. The SMILES string of the molecule is O=C(O)Cc1cc(/N=N/c2cccc(Cl)c2)ccc1O. The number of carboxylic acid groups (broad SMARTS) is 1. The van der Waals surface area contributed by atoms with Gasteiger partial charge in [0.2, 0.25) is 0 Å². The molecule has 0 spiro atoms. The third-order valence-corrected chi connectivity index (χ3v) is 2.73. The van der Waals surface area contributed by atoms with Gasteiger partial charge < -0.3 is 10.2 Å². The van der Waals surface area contributed by atoms with Crippen molar-refractivity contribution in [3.05, 3.63) is 53.1 Å². The predicted molar refractivity (Wildman–Crippen MR) is 75.1 cm³/mol. The second-order valence-electron chi connectivity index (χ2n) is 4.06. The lowest BCUT2D eigenvalue weighted by Crippen LogP contribution is -1.99. The first-order valence-corrected chi connectivity index (χ1v) is 6.13. The van der Waals surface area contributed by atoms with Gasteiger partial charge in [0.1, 0.15) is 5.75 Å². The number of nitrogens with zero attached hydrogens (tertiary/aromatic N) is 2. The van der Waals surface area contributed by atoms with Crippen LogP contribution in [0.15, 0.2) is 52.7 Å². The average molecular weight is 291 g/mol. The summed E-state index contributed by atoms with van der Waals surface area (Å²) in [4.78, 5) is 10.7. The van der Waals surface area contributed by atoms with Gasteiger partial charge in [0.25, 0.3) is 0 Å². The number of rotatable bonds is 4. The van der Waals surface area contributed by atoms with Gasteiger partial charge in [-0.3, -0.25) is 4.79 Å². The van der Waals surface area contributed by atoms with E-state index >= 15 is 0 Å². The van der Waals surface area contributed by atoms with E-state index in [1.54, 1.807) is 30.3 Å². The van der Waals surface area contributed by atoms with Gasteiger partial charge in [-0.1, -0.05) is 17.7 Å². The second kappa shape index (κ2) is 6.16. The van der Waals surface area contributed by atoms with Crippen LogP contribution in [-0.2, 0) is 11.2 Å². The number of halogens is 1. The molecule has 0 amide bonds. The maximum Gasteiger partial charge on any atom is 0.307 e. The first kappa shape index (κ1) is 14.0. The molecule has 0 atom stereocenters. The number of phenols is 1. The second-order valence-corrected chi connectivity index (χ2v) is 4.50. The molecule has 6 heteroatoms. The number of hydrogen-bond donors (Lipinski definition) is 2. The minimum absolute atomic E-state index is 0.0749. The molecule has 0 bridgehead atoms. The van der Waals surface area contributed by atoms with Crippen molar-refractivity contribution >= 4 is 28.9 Å². The van der Waals surface area contributed by atoms with Crippen molar-refractivity contribution in [2.75, 3.05) is 0 Å². The van der Waals surface area contributed by atoms with Gasteiger partial charge in [-0.05, 0) is 36.4 Å². The molecule has 0 heterocycles. The smallest absolute Gasteiger partial charge is 0.307 e. The van der Waals surface area contributed by atoms with Crippen LogP contribution in [0.5, 0.6) is 5.75 Å². The van der Waals surface area contributed by atoms with E-state index in [4.69, 9.17) is 16.7 Å². The van der Waals surface area contributed by atoms with E-state index in [1.165, 1.54) is 12.1 Å². The maximum absolute atomic E-state index is 10.7. The van der Waals surface area contributed by atoms with Crippen LogP contribution in [0.25, 0.3) is 0 Å². The first-order chi connectivity index (χ1) is 9.54. The molecule has 0 radical (unpaired) electrons. The van der Waals surface area contributed by atoms with Crippen molar-refractivity contribution in [1.82, 2.24) is 0 Å². The third-order valence-electron chi connectivity index (χ3n) is 2.49. The highest BCUT2D eigenvalue weighted by Crippen LogP contribution is 2.26. The van der Waals surface area contributed by atoms with E-state index in [9.17, 15) is 9.90 Å². The first-order valence-electron chi connectivity index (χ1n) is 5.75. The van der Waals surface area contributed by atoms with Gasteiger partial charge >= 0.3 is 5.97 Å². The van der Waals surface area contributed by atoms with Crippen LogP contribution in [0.3, 0.4) is 0 Å². The molecular formula is C14H11ClN2O3. The summed E-state index contributed by atoms with van der Waals surface area (Å²) in [5, 5.41) is 26.8. The van der Waals surface area contributed by atoms with Crippen molar-refractivity contribution in [2.24, 2.45) is 10.2 Å². The fraction of sp³-hybridized carbons (Fsp3) is 0.0714. The Bertz CT molecular complexity index is 671. The zero-order valence-electron chi connectivity index (χ0n) is 10.3. The van der Waals surface area contributed by atoms with Gasteiger partial charge in [-0.2, -0.15) is 10.2 Å². The van der Waals surface area contributed by atoms with Gasteiger partial charge in [-0.25, -0.2) is 0 Å². The van der Waals surface area contributed by atoms with Crippen LogP contribution < -0.4 is 0 Å². The largest absolute Gasteiger partial charge is 0.508 e. The number of phenolic OH excluding ortho intramolecular Hbond substituents is 1. The molecule has 20 heavy (non-hydrogen) atoms. The van der Waals surface area contributed by atoms with Crippen LogP contribution in [0.1, 0.15) is 5.56 Å². The molecule has 0 saturated heterocycles. The van der Waals surface area contributed by atoms with Gasteiger partial charge in [0.05, 0.1) is 17.8 Å². The summed E-state index contributed by atoms with van der Waals surface area (Å²) in [5.74, 6) is -1.10. The van der Waals surface area contributed by atoms with Crippen LogP contribution in [-0.4, -0.2) is 16.2 Å². The Morgan fingerprint density at radius 2 is 1.80 bits per heavy atom. The summed E-state index contributed by atoms with van der Waals surface area (Å²) in [7, 11) is 0. The van der Waals surface area contributed by atoms with Crippen molar-refractivity contribution in [3.8, 4) is 5.75 Å². The monoisotopic (exact) mass is 290 g/mol. The van der Waals surface area contributed by atoms with E-state index in [0.29, 0.717) is 22.0 Å². The van der Waals surface area contributed by atoms with E-state index in [0.717, 1.165) is 0 Å². The highest BCUT2D eigenvalue weighted by molar-refractivity contribution is 6.30. The van der Waals surface area contributed by atoms with E-state index < -0.39 is 5.97 Å². The third kappa shape index (κ3) is 3.80. The molecular weight excluding hydrogens is 280 g/mol. The minimum Gasteiger partial charge on any atom is -0.508 e. The van der Waals surface area contributed by atoms with Crippen molar-refractivity contribution in [2.45, 2.75) is 6.42 Å². The molecule has 102 valence electrons. The highest BCUT2D eigenvalue weighted by atomic mass is 35.5. The molecule has 0 aliphatic carbocycles. The number of azo groups is 1. The van der Waals surface area contributed by atoms with Gasteiger partial charge in [0.15, 0.2) is 0 Å². The lowest BCUT2D eigenvalue weighted by atomic mass is 10.1. The van der Waals surface area contributed by atoms with Crippen molar-refractivity contribution in [3.63, 3.8) is 0 Å². The van der Waals surface area contributed by atoms with E-state index in [2.05, 4.69) is 10.2 Å². The standard InChI is InChI=1S/C14H11ClN2O3/c15-10-2-1-3-11(8-10)16-17-12-4-5-13(18)9(6-12)7-14(19)20/h1-6,8,18H,7H2,(H,19,20)/b17-16+. The molecule has 2 rings (SSSR count). The van der Waals surface area contributed by atoms with Crippen LogP contribution >= 0.6 is 11.6 Å². The van der Waals surface area contributed by atoms with E-state index in [-0.39, 0.29) is 12.2 Å². The summed E-state index contributed by atoms with van der Waals surface area (Å²) in [6.07, 6.45) is -0.271. The molecule has 2 aromatic rings. The van der Waals surface area contributed by atoms with E-state index in [1.807, 2.05) is 0 Å². The number of aromatic hydroxyl groups is 1. The van der Waals surface area contributed by atoms with Crippen molar-refractivity contribution in [1.29, 1.82) is 0 Å². The summed E-state index contributed by atoms with van der Waals surface area (Å²) in [6, 6.07) is 11.3. The van der Waals surface area contributed by atoms with Gasteiger partial charge in [-0.15, -0.1) is 0 Å². The zero-order valence-corrected chi connectivity index (χ0v) is 11.1. The van der Waals surface area contributed by atoms with Gasteiger partial charge in [0, 0.05) is 10.6 Å². The molecule has 0 aliphatic rings. The van der Waals surface area contributed by atoms with Crippen LogP contribution in [0, 0.1) is 0 Å². The van der Waals surface area contributed by atoms with Crippen LogP contribution in [0.4, 0.5) is 11.4 Å². The lowest BCUT2D eigenvalue weighted by Gasteiger charge is -2.02. The average Bonchev–Trinajstić information content (AvgIpc) is 2.39. The molecule has 0 fully saturated rings. The lowest BCUT2D eigenvalue weighted by molar-refractivity contribution is -0.136. The Morgan fingerprint density at radius 1 is 1.10 bits per heavy atom. The molecule has 5 nitrogen and oxygen atoms in total. The Balaban J connectivity index is 2.23. The molecule has 2 aromatic carbocycles.